The van der Waals surface area contributed by atoms with Gasteiger partial charge < -0.3 is 15.2 Å². The van der Waals surface area contributed by atoms with Crippen molar-refractivity contribution in [3.05, 3.63) is 48.3 Å². The molecule has 0 saturated heterocycles. The summed E-state index contributed by atoms with van der Waals surface area (Å²) in [6.45, 7) is 0.455. The number of ether oxygens (including phenoxy) is 2. The molecule has 0 atom stereocenters. The Hall–Kier alpha value is -2.60. The van der Waals surface area contributed by atoms with Gasteiger partial charge in [0.05, 0.1) is 13.3 Å². The average Bonchev–Trinajstić information content (AvgIpc) is 2.95. The van der Waals surface area contributed by atoms with Crippen molar-refractivity contribution in [1.29, 1.82) is 0 Å². The van der Waals surface area contributed by atoms with E-state index < -0.39 is 0 Å². The number of aromatic nitrogens is 3. The lowest BCUT2D eigenvalue weighted by molar-refractivity contribution is 0.373. The SMILES string of the molecule is COc1cc(CN)ccc1Oc1ccn2nccc2n1. The Balaban J connectivity index is 1.93. The minimum absolute atomic E-state index is 0.455. The molecular weight excluding hydrogens is 256 g/mol. The molecule has 0 radical (unpaired) electrons. The van der Waals surface area contributed by atoms with Crippen LogP contribution in [-0.2, 0) is 6.54 Å². The third kappa shape index (κ3) is 2.28. The molecule has 0 fully saturated rings. The topological polar surface area (TPSA) is 74.7 Å². The standard InChI is InChI=1S/C14H14N4O2/c1-19-12-8-10(9-15)2-3-11(12)20-14-5-7-18-13(17-14)4-6-16-18/h2-8H,9,15H2,1H3. The lowest BCUT2D eigenvalue weighted by Crippen LogP contribution is -1.99. The molecule has 3 aromatic rings. The van der Waals surface area contributed by atoms with Gasteiger partial charge in [-0.15, -0.1) is 0 Å². The van der Waals surface area contributed by atoms with Gasteiger partial charge in [-0.1, -0.05) is 6.07 Å². The summed E-state index contributed by atoms with van der Waals surface area (Å²) in [5.41, 5.74) is 7.31. The van der Waals surface area contributed by atoms with E-state index >= 15 is 0 Å². The summed E-state index contributed by atoms with van der Waals surface area (Å²) in [5, 5.41) is 4.08. The van der Waals surface area contributed by atoms with E-state index in [1.807, 2.05) is 24.3 Å². The van der Waals surface area contributed by atoms with Gasteiger partial charge in [0.1, 0.15) is 0 Å². The smallest absolute Gasteiger partial charge is 0.222 e. The van der Waals surface area contributed by atoms with Crippen LogP contribution in [0, 0.1) is 0 Å². The molecule has 0 aliphatic carbocycles. The van der Waals surface area contributed by atoms with Crippen LogP contribution in [0.2, 0.25) is 0 Å². The van der Waals surface area contributed by atoms with Gasteiger partial charge in [0.25, 0.3) is 0 Å². The molecule has 0 aliphatic rings. The molecule has 20 heavy (non-hydrogen) atoms. The maximum absolute atomic E-state index is 5.76. The predicted molar refractivity (Wildman–Crippen MR) is 73.9 cm³/mol. The molecule has 6 nitrogen and oxygen atoms in total. The Bertz CT molecular complexity index is 739. The Morgan fingerprint density at radius 1 is 1.20 bits per heavy atom. The van der Waals surface area contributed by atoms with E-state index in [4.69, 9.17) is 15.2 Å². The lowest BCUT2D eigenvalue weighted by Gasteiger charge is -2.10. The van der Waals surface area contributed by atoms with Gasteiger partial charge in [0, 0.05) is 24.9 Å². The number of nitrogens with zero attached hydrogens (tertiary/aromatic N) is 3. The largest absolute Gasteiger partial charge is 0.493 e. The Kier molecular flexibility index (Phi) is 3.22. The van der Waals surface area contributed by atoms with Gasteiger partial charge in [-0.25, -0.2) is 4.52 Å². The molecule has 0 unspecified atom stereocenters. The predicted octanol–water partition coefficient (Wildman–Crippen LogP) is 1.99. The van der Waals surface area contributed by atoms with Gasteiger partial charge in [0.15, 0.2) is 17.1 Å². The van der Waals surface area contributed by atoms with Crippen LogP contribution in [0.15, 0.2) is 42.7 Å². The molecule has 1 aromatic carbocycles. The molecule has 102 valence electrons. The summed E-state index contributed by atoms with van der Waals surface area (Å²) >= 11 is 0. The van der Waals surface area contributed by atoms with E-state index in [1.54, 1.807) is 30.1 Å². The fourth-order valence-corrected chi connectivity index (χ4v) is 1.89. The molecule has 0 spiro atoms. The van der Waals surface area contributed by atoms with E-state index in [1.165, 1.54) is 0 Å². The summed E-state index contributed by atoms with van der Waals surface area (Å²) in [6, 6.07) is 9.13. The molecule has 0 aliphatic heterocycles. The molecule has 0 bridgehead atoms. The average molecular weight is 270 g/mol. The van der Waals surface area contributed by atoms with Gasteiger partial charge in [0.2, 0.25) is 5.88 Å². The highest BCUT2D eigenvalue weighted by molar-refractivity contribution is 5.45. The minimum Gasteiger partial charge on any atom is -0.493 e. The second-order valence-electron chi connectivity index (χ2n) is 4.19. The number of hydrogen-bond donors (Lipinski definition) is 1. The second-order valence-corrected chi connectivity index (χ2v) is 4.19. The Labute approximate surface area is 115 Å². The van der Waals surface area contributed by atoms with Gasteiger partial charge >= 0.3 is 0 Å². The summed E-state index contributed by atoms with van der Waals surface area (Å²) in [5.74, 6) is 1.71. The normalized spacial score (nSPS) is 10.7. The van der Waals surface area contributed by atoms with Crippen molar-refractivity contribution >= 4 is 5.65 Å². The zero-order chi connectivity index (χ0) is 13.9. The highest BCUT2D eigenvalue weighted by Crippen LogP contribution is 2.31. The molecule has 2 N–H and O–H groups in total. The summed E-state index contributed by atoms with van der Waals surface area (Å²) in [6.07, 6.45) is 3.47. The molecule has 0 saturated carbocycles. The third-order valence-electron chi connectivity index (χ3n) is 2.91. The number of benzene rings is 1. The minimum atomic E-state index is 0.455. The first-order chi connectivity index (χ1) is 9.80. The monoisotopic (exact) mass is 270 g/mol. The van der Waals surface area contributed by atoms with Crippen molar-refractivity contribution in [3.63, 3.8) is 0 Å². The summed E-state index contributed by atoms with van der Waals surface area (Å²) in [4.78, 5) is 4.35. The number of methoxy groups -OCH3 is 1. The van der Waals surface area contributed by atoms with Crippen molar-refractivity contribution in [2.24, 2.45) is 5.73 Å². The summed E-state index contributed by atoms with van der Waals surface area (Å²) in [7, 11) is 1.59. The van der Waals surface area contributed by atoms with Crippen LogP contribution in [-0.4, -0.2) is 21.7 Å². The first-order valence-electron chi connectivity index (χ1n) is 6.15. The Morgan fingerprint density at radius 2 is 2.10 bits per heavy atom. The summed E-state index contributed by atoms with van der Waals surface area (Å²) < 4.78 is 12.7. The molecular formula is C14H14N4O2. The number of fused-ring (bicyclic) bond motifs is 1. The van der Waals surface area contributed by atoms with E-state index in [0.717, 1.165) is 11.2 Å². The van der Waals surface area contributed by atoms with Crippen LogP contribution in [0.25, 0.3) is 5.65 Å². The van der Waals surface area contributed by atoms with Crippen molar-refractivity contribution in [3.8, 4) is 17.4 Å². The maximum atomic E-state index is 5.76. The Morgan fingerprint density at radius 3 is 2.90 bits per heavy atom. The lowest BCUT2D eigenvalue weighted by atomic mass is 10.2. The van der Waals surface area contributed by atoms with Crippen LogP contribution >= 0.6 is 0 Å². The van der Waals surface area contributed by atoms with E-state index in [2.05, 4.69) is 10.1 Å². The molecule has 2 heterocycles. The fraction of sp³-hybridized carbons (Fsp3) is 0.143. The maximum Gasteiger partial charge on any atom is 0.222 e. The first-order valence-corrected chi connectivity index (χ1v) is 6.15. The van der Waals surface area contributed by atoms with Gasteiger partial charge in [-0.2, -0.15) is 10.1 Å². The van der Waals surface area contributed by atoms with E-state index in [9.17, 15) is 0 Å². The number of rotatable bonds is 4. The van der Waals surface area contributed by atoms with Crippen LogP contribution in [0.1, 0.15) is 5.56 Å². The third-order valence-corrected chi connectivity index (χ3v) is 2.91. The molecule has 3 rings (SSSR count). The van der Waals surface area contributed by atoms with Crippen LogP contribution < -0.4 is 15.2 Å². The van der Waals surface area contributed by atoms with Crippen molar-refractivity contribution in [1.82, 2.24) is 14.6 Å². The van der Waals surface area contributed by atoms with Crippen LogP contribution in [0.3, 0.4) is 0 Å². The molecule has 6 heteroatoms. The zero-order valence-electron chi connectivity index (χ0n) is 11.0. The highest BCUT2D eigenvalue weighted by atomic mass is 16.5. The van der Waals surface area contributed by atoms with Crippen molar-refractivity contribution in [2.45, 2.75) is 6.54 Å². The van der Waals surface area contributed by atoms with E-state index in [-0.39, 0.29) is 0 Å². The van der Waals surface area contributed by atoms with Crippen molar-refractivity contribution in [2.75, 3.05) is 7.11 Å². The van der Waals surface area contributed by atoms with Gasteiger partial charge in [-0.05, 0) is 17.7 Å². The molecule has 0 amide bonds. The van der Waals surface area contributed by atoms with Crippen molar-refractivity contribution < 1.29 is 9.47 Å². The number of hydrogen-bond acceptors (Lipinski definition) is 5. The van der Waals surface area contributed by atoms with Crippen LogP contribution in [0.4, 0.5) is 0 Å². The molecule has 2 aromatic heterocycles. The second kappa shape index (κ2) is 5.18. The number of nitrogens with two attached hydrogens (primary N) is 1. The van der Waals surface area contributed by atoms with Crippen LogP contribution in [0.5, 0.6) is 17.4 Å². The zero-order valence-corrected chi connectivity index (χ0v) is 11.0. The van der Waals surface area contributed by atoms with Gasteiger partial charge in [-0.3, -0.25) is 0 Å². The first kappa shape index (κ1) is 12.4. The quantitative estimate of drug-likeness (QED) is 0.784. The fourth-order valence-electron chi connectivity index (χ4n) is 1.89. The van der Waals surface area contributed by atoms with E-state index in [0.29, 0.717) is 23.9 Å². The highest BCUT2D eigenvalue weighted by Gasteiger charge is 2.08.